The van der Waals surface area contributed by atoms with Crippen molar-refractivity contribution in [3.05, 3.63) is 24.7 Å². The number of fused-ring (bicyclic) bond motifs is 1. The maximum absolute atomic E-state index is 8.97. The van der Waals surface area contributed by atoms with E-state index in [4.69, 9.17) is 5.11 Å². The van der Waals surface area contributed by atoms with Gasteiger partial charge in [0.2, 0.25) is 0 Å². The Morgan fingerprint density at radius 2 is 2.40 bits per heavy atom. The van der Waals surface area contributed by atoms with Crippen LogP contribution in [0.3, 0.4) is 0 Å². The van der Waals surface area contributed by atoms with E-state index in [0.29, 0.717) is 5.65 Å². The van der Waals surface area contributed by atoms with E-state index in [1.807, 2.05) is 0 Å². The van der Waals surface area contributed by atoms with Crippen molar-refractivity contribution in [3.8, 4) is 5.75 Å². The number of nitrogens with zero attached hydrogens (tertiary/aromatic N) is 3. The predicted octanol–water partition coefficient (Wildman–Crippen LogP) is 0.435. The molecule has 2 rings (SSSR count). The van der Waals surface area contributed by atoms with Crippen molar-refractivity contribution in [2.24, 2.45) is 0 Å². The van der Waals surface area contributed by atoms with Crippen LogP contribution in [0.25, 0.3) is 5.65 Å². The molecular weight excluding hydrogens is 130 g/mol. The lowest BCUT2D eigenvalue weighted by Gasteiger charge is -1.90. The van der Waals surface area contributed by atoms with Crippen LogP contribution in [0, 0.1) is 0 Å². The van der Waals surface area contributed by atoms with Crippen LogP contribution in [0.15, 0.2) is 24.7 Å². The largest absolute Gasteiger partial charge is 0.508 e. The molecule has 0 bridgehead atoms. The minimum atomic E-state index is 0.209. The zero-order valence-corrected chi connectivity index (χ0v) is 5.10. The van der Waals surface area contributed by atoms with Crippen LogP contribution in [-0.4, -0.2) is 19.7 Å². The molecule has 0 aliphatic rings. The summed E-state index contributed by atoms with van der Waals surface area (Å²) in [6.07, 6.45) is 3.09. The molecule has 0 saturated heterocycles. The van der Waals surface area contributed by atoms with Crippen molar-refractivity contribution in [3.63, 3.8) is 0 Å². The average molecular weight is 135 g/mol. The Labute approximate surface area is 56.8 Å². The Morgan fingerprint density at radius 3 is 3.30 bits per heavy atom. The average Bonchev–Trinajstić information content (AvgIpc) is 2.33. The maximum atomic E-state index is 8.97. The smallest absolute Gasteiger partial charge is 0.158 e. The molecule has 0 aliphatic heterocycles. The predicted molar refractivity (Wildman–Crippen MR) is 34.7 cm³/mol. The fourth-order valence-electron chi connectivity index (χ4n) is 0.805. The number of rotatable bonds is 0. The summed E-state index contributed by atoms with van der Waals surface area (Å²) in [5.41, 5.74) is 0.653. The van der Waals surface area contributed by atoms with Crippen LogP contribution < -0.4 is 0 Å². The summed E-state index contributed by atoms with van der Waals surface area (Å²) in [6.45, 7) is 0. The molecule has 0 aliphatic carbocycles. The van der Waals surface area contributed by atoms with Gasteiger partial charge in [0.1, 0.15) is 12.1 Å². The second-order valence-corrected chi connectivity index (χ2v) is 1.95. The number of aromatic hydroxyl groups is 1. The minimum absolute atomic E-state index is 0.209. The first-order valence-corrected chi connectivity index (χ1v) is 2.84. The molecule has 1 N–H and O–H groups in total. The second kappa shape index (κ2) is 1.70. The lowest BCUT2D eigenvalue weighted by molar-refractivity contribution is 0.474. The van der Waals surface area contributed by atoms with E-state index >= 15 is 0 Å². The van der Waals surface area contributed by atoms with Gasteiger partial charge in [-0.25, -0.2) is 9.50 Å². The van der Waals surface area contributed by atoms with E-state index in [2.05, 4.69) is 10.1 Å². The first-order valence-electron chi connectivity index (χ1n) is 2.84. The van der Waals surface area contributed by atoms with E-state index in [1.54, 1.807) is 22.8 Å². The molecule has 2 heterocycles. The van der Waals surface area contributed by atoms with Crippen LogP contribution in [-0.2, 0) is 0 Å². The van der Waals surface area contributed by atoms with E-state index in [-0.39, 0.29) is 5.75 Å². The highest BCUT2D eigenvalue weighted by Crippen LogP contribution is 2.08. The van der Waals surface area contributed by atoms with Gasteiger partial charge in [-0.1, -0.05) is 0 Å². The quantitative estimate of drug-likeness (QED) is 0.570. The van der Waals surface area contributed by atoms with Crippen molar-refractivity contribution in [1.29, 1.82) is 0 Å². The molecule has 0 fully saturated rings. The zero-order valence-electron chi connectivity index (χ0n) is 5.10. The fourth-order valence-corrected chi connectivity index (χ4v) is 0.805. The first-order chi connectivity index (χ1) is 4.86. The molecule has 0 spiro atoms. The van der Waals surface area contributed by atoms with Gasteiger partial charge >= 0.3 is 0 Å². The van der Waals surface area contributed by atoms with Crippen LogP contribution >= 0.6 is 0 Å². The van der Waals surface area contributed by atoms with Gasteiger partial charge in [-0.2, -0.15) is 5.10 Å². The molecule has 2 aromatic rings. The van der Waals surface area contributed by atoms with E-state index in [1.165, 1.54) is 6.33 Å². The molecule has 0 aromatic carbocycles. The standard InChI is InChI=1S/C6H5N3O/c10-5-1-2-9-6(3-5)7-4-8-9/h1-4,10H. The molecule has 50 valence electrons. The monoisotopic (exact) mass is 135 g/mol. The summed E-state index contributed by atoms with van der Waals surface area (Å²) < 4.78 is 1.58. The summed E-state index contributed by atoms with van der Waals surface area (Å²) in [5, 5.41) is 12.8. The molecule has 0 amide bonds. The normalized spacial score (nSPS) is 10.4. The molecule has 0 atom stereocenters. The van der Waals surface area contributed by atoms with Gasteiger partial charge in [0.25, 0.3) is 0 Å². The van der Waals surface area contributed by atoms with E-state index in [0.717, 1.165) is 0 Å². The molecule has 4 nitrogen and oxygen atoms in total. The van der Waals surface area contributed by atoms with Gasteiger partial charge in [0.05, 0.1) is 0 Å². The molecular formula is C6H5N3O. The van der Waals surface area contributed by atoms with Gasteiger partial charge < -0.3 is 5.11 Å². The molecule has 10 heavy (non-hydrogen) atoms. The Hall–Kier alpha value is -1.58. The van der Waals surface area contributed by atoms with Crippen LogP contribution in [0.5, 0.6) is 5.75 Å². The second-order valence-electron chi connectivity index (χ2n) is 1.95. The molecule has 0 radical (unpaired) electrons. The lowest BCUT2D eigenvalue weighted by atomic mass is 10.4. The van der Waals surface area contributed by atoms with Gasteiger partial charge in [-0.05, 0) is 6.07 Å². The Kier molecular flexibility index (Phi) is 0.887. The third-order valence-corrected chi connectivity index (χ3v) is 1.26. The third kappa shape index (κ3) is 0.621. The highest BCUT2D eigenvalue weighted by Gasteiger charge is 1.93. The van der Waals surface area contributed by atoms with Gasteiger partial charge in [-0.3, -0.25) is 0 Å². The topological polar surface area (TPSA) is 50.4 Å². The van der Waals surface area contributed by atoms with Crippen LogP contribution in [0.1, 0.15) is 0 Å². The number of hydrogen-bond acceptors (Lipinski definition) is 3. The number of aromatic nitrogens is 3. The van der Waals surface area contributed by atoms with Gasteiger partial charge in [0, 0.05) is 12.3 Å². The summed E-state index contributed by atoms with van der Waals surface area (Å²) in [7, 11) is 0. The summed E-state index contributed by atoms with van der Waals surface area (Å²) in [5.74, 6) is 0.209. The lowest BCUT2D eigenvalue weighted by Crippen LogP contribution is -1.83. The van der Waals surface area contributed by atoms with Crippen LogP contribution in [0.2, 0.25) is 0 Å². The van der Waals surface area contributed by atoms with Gasteiger partial charge in [-0.15, -0.1) is 0 Å². The van der Waals surface area contributed by atoms with Gasteiger partial charge in [0.15, 0.2) is 5.65 Å². The summed E-state index contributed by atoms with van der Waals surface area (Å²) >= 11 is 0. The maximum Gasteiger partial charge on any atom is 0.158 e. The number of pyridine rings is 1. The van der Waals surface area contributed by atoms with Crippen molar-refractivity contribution < 1.29 is 5.11 Å². The van der Waals surface area contributed by atoms with Crippen molar-refractivity contribution in [2.75, 3.05) is 0 Å². The Bertz CT molecular complexity index is 355. The molecule has 2 aromatic heterocycles. The molecule has 0 saturated carbocycles. The Balaban J connectivity index is 2.86. The number of hydrogen-bond donors (Lipinski definition) is 1. The highest BCUT2D eigenvalue weighted by molar-refractivity contribution is 5.41. The minimum Gasteiger partial charge on any atom is -0.508 e. The first kappa shape index (κ1) is 5.22. The van der Waals surface area contributed by atoms with Crippen molar-refractivity contribution >= 4 is 5.65 Å². The van der Waals surface area contributed by atoms with Crippen molar-refractivity contribution in [1.82, 2.24) is 14.6 Å². The summed E-state index contributed by atoms with van der Waals surface area (Å²) in [6, 6.07) is 3.11. The zero-order chi connectivity index (χ0) is 6.97. The van der Waals surface area contributed by atoms with Crippen LogP contribution in [0.4, 0.5) is 0 Å². The third-order valence-electron chi connectivity index (χ3n) is 1.26. The van der Waals surface area contributed by atoms with Crippen molar-refractivity contribution in [2.45, 2.75) is 0 Å². The molecule has 4 heteroatoms. The van der Waals surface area contributed by atoms with E-state index in [9.17, 15) is 0 Å². The summed E-state index contributed by atoms with van der Waals surface area (Å²) in [4.78, 5) is 3.87. The SMILES string of the molecule is Oc1ccn2ncnc2c1. The molecule has 0 unspecified atom stereocenters. The highest BCUT2D eigenvalue weighted by atomic mass is 16.3. The fraction of sp³-hybridized carbons (Fsp3) is 0. The Morgan fingerprint density at radius 1 is 1.50 bits per heavy atom. The van der Waals surface area contributed by atoms with E-state index < -0.39 is 0 Å².